The molecule has 0 N–H and O–H groups in total. The largest absolute Gasteiger partial charge is 0.302 e. The SMILES string of the molecule is CCN(CC)CCN(C(=O)c1ccc(S(C)(=O)=O)cc1)c1nc2c(C)cccc2s1. The molecule has 0 atom stereocenters. The number of fused-ring (bicyclic) bond motifs is 1. The van der Waals surface area contributed by atoms with Gasteiger partial charge in [-0.1, -0.05) is 37.3 Å². The molecule has 3 rings (SSSR count). The summed E-state index contributed by atoms with van der Waals surface area (Å²) < 4.78 is 24.5. The highest BCUT2D eigenvalue weighted by molar-refractivity contribution is 7.90. The molecule has 0 aliphatic rings. The Hall–Kier alpha value is -2.29. The van der Waals surface area contributed by atoms with Crippen LogP contribution in [0.3, 0.4) is 0 Å². The second-order valence-corrected chi connectivity index (χ2v) is 10.2. The van der Waals surface area contributed by atoms with Crippen molar-refractivity contribution in [3.8, 4) is 0 Å². The molecular formula is C22H27N3O3S2. The molecule has 3 aromatic rings. The first-order chi connectivity index (χ1) is 14.2. The Labute approximate surface area is 182 Å². The molecule has 2 aromatic carbocycles. The molecule has 8 heteroatoms. The van der Waals surface area contributed by atoms with Crippen LogP contribution in [0.4, 0.5) is 5.13 Å². The summed E-state index contributed by atoms with van der Waals surface area (Å²) in [6, 6.07) is 12.1. The highest BCUT2D eigenvalue weighted by Crippen LogP contribution is 2.31. The maximum Gasteiger partial charge on any atom is 0.260 e. The van der Waals surface area contributed by atoms with Crippen LogP contribution in [0, 0.1) is 6.92 Å². The van der Waals surface area contributed by atoms with Gasteiger partial charge in [0.1, 0.15) is 0 Å². The van der Waals surface area contributed by atoms with Crippen LogP contribution >= 0.6 is 11.3 Å². The molecule has 0 saturated heterocycles. The van der Waals surface area contributed by atoms with E-state index in [0.717, 1.165) is 41.7 Å². The number of amides is 1. The van der Waals surface area contributed by atoms with Crippen LogP contribution in [-0.4, -0.2) is 56.6 Å². The van der Waals surface area contributed by atoms with Gasteiger partial charge in [-0.25, -0.2) is 13.4 Å². The predicted molar refractivity (Wildman–Crippen MR) is 123 cm³/mol. The van der Waals surface area contributed by atoms with Crippen molar-refractivity contribution < 1.29 is 13.2 Å². The summed E-state index contributed by atoms with van der Waals surface area (Å²) in [7, 11) is -3.31. The maximum absolute atomic E-state index is 13.4. The third kappa shape index (κ3) is 4.88. The number of rotatable bonds is 8. The summed E-state index contributed by atoms with van der Waals surface area (Å²) in [6.07, 6.45) is 1.16. The number of aryl methyl sites for hydroxylation is 1. The van der Waals surface area contributed by atoms with Gasteiger partial charge in [-0.05, 0) is 55.9 Å². The zero-order valence-corrected chi connectivity index (χ0v) is 19.4. The molecule has 0 aliphatic heterocycles. The lowest BCUT2D eigenvalue weighted by atomic mass is 10.2. The lowest BCUT2D eigenvalue weighted by Gasteiger charge is -2.24. The second kappa shape index (κ2) is 9.24. The summed E-state index contributed by atoms with van der Waals surface area (Å²) in [6.45, 7) is 9.25. The second-order valence-electron chi connectivity index (χ2n) is 7.20. The summed E-state index contributed by atoms with van der Waals surface area (Å²) in [5.41, 5.74) is 2.42. The maximum atomic E-state index is 13.4. The molecule has 30 heavy (non-hydrogen) atoms. The van der Waals surface area contributed by atoms with Gasteiger partial charge >= 0.3 is 0 Å². The minimum absolute atomic E-state index is 0.182. The third-order valence-corrected chi connectivity index (χ3v) is 7.32. The fraction of sp³-hybridized carbons (Fsp3) is 0.364. The summed E-state index contributed by atoms with van der Waals surface area (Å²) in [5.74, 6) is -0.182. The van der Waals surface area contributed by atoms with Crippen molar-refractivity contribution in [1.29, 1.82) is 0 Å². The van der Waals surface area contributed by atoms with Gasteiger partial charge in [-0.3, -0.25) is 9.69 Å². The Morgan fingerprint density at radius 2 is 1.70 bits per heavy atom. The molecule has 1 amide bonds. The first kappa shape index (κ1) is 22.4. The minimum Gasteiger partial charge on any atom is -0.302 e. The quantitative estimate of drug-likeness (QED) is 0.524. The number of likely N-dealkylation sites (N-methyl/N-ethyl adjacent to an activating group) is 1. The number of carbonyl (C=O) groups excluding carboxylic acids is 1. The number of carbonyl (C=O) groups is 1. The van der Waals surface area contributed by atoms with Gasteiger partial charge in [0.05, 0.1) is 15.1 Å². The van der Waals surface area contributed by atoms with E-state index in [9.17, 15) is 13.2 Å². The highest BCUT2D eigenvalue weighted by atomic mass is 32.2. The lowest BCUT2D eigenvalue weighted by molar-refractivity contribution is 0.0983. The number of nitrogens with zero attached hydrogens (tertiary/aromatic N) is 3. The van der Waals surface area contributed by atoms with E-state index >= 15 is 0 Å². The van der Waals surface area contributed by atoms with Crippen LogP contribution in [0.1, 0.15) is 29.8 Å². The van der Waals surface area contributed by atoms with E-state index in [2.05, 4.69) is 18.7 Å². The molecule has 1 aromatic heterocycles. The molecule has 0 spiro atoms. The third-order valence-electron chi connectivity index (χ3n) is 5.15. The molecule has 0 unspecified atom stereocenters. The number of benzene rings is 2. The van der Waals surface area contributed by atoms with Crippen LogP contribution in [0.2, 0.25) is 0 Å². The Balaban J connectivity index is 1.97. The van der Waals surface area contributed by atoms with E-state index in [0.29, 0.717) is 17.2 Å². The molecular weight excluding hydrogens is 418 g/mol. The average Bonchev–Trinajstić information content (AvgIpc) is 3.16. The van der Waals surface area contributed by atoms with Crippen molar-refractivity contribution in [3.63, 3.8) is 0 Å². The van der Waals surface area contributed by atoms with E-state index in [4.69, 9.17) is 4.98 Å². The zero-order chi connectivity index (χ0) is 21.9. The Morgan fingerprint density at radius 1 is 1.03 bits per heavy atom. The van der Waals surface area contributed by atoms with Gasteiger partial charge in [0.25, 0.3) is 5.91 Å². The van der Waals surface area contributed by atoms with Crippen molar-refractivity contribution in [2.75, 3.05) is 37.3 Å². The lowest BCUT2D eigenvalue weighted by Crippen LogP contribution is -2.38. The van der Waals surface area contributed by atoms with Crippen molar-refractivity contribution in [3.05, 3.63) is 53.6 Å². The number of hydrogen-bond acceptors (Lipinski definition) is 6. The normalized spacial score (nSPS) is 11.9. The number of aromatic nitrogens is 1. The van der Waals surface area contributed by atoms with E-state index in [-0.39, 0.29) is 10.8 Å². The monoisotopic (exact) mass is 445 g/mol. The summed E-state index contributed by atoms with van der Waals surface area (Å²) in [4.78, 5) is 22.3. The molecule has 0 aliphatic carbocycles. The molecule has 160 valence electrons. The molecule has 0 saturated carbocycles. The number of hydrogen-bond donors (Lipinski definition) is 0. The van der Waals surface area contributed by atoms with Gasteiger partial charge < -0.3 is 4.90 Å². The van der Waals surface area contributed by atoms with Crippen LogP contribution in [0.5, 0.6) is 0 Å². The zero-order valence-electron chi connectivity index (χ0n) is 17.8. The summed E-state index contributed by atoms with van der Waals surface area (Å²) in [5, 5.41) is 0.656. The molecule has 6 nitrogen and oxygen atoms in total. The van der Waals surface area contributed by atoms with Crippen molar-refractivity contribution in [2.45, 2.75) is 25.7 Å². The van der Waals surface area contributed by atoms with Crippen molar-refractivity contribution in [1.82, 2.24) is 9.88 Å². The van der Waals surface area contributed by atoms with Crippen LogP contribution in [-0.2, 0) is 9.84 Å². The molecule has 1 heterocycles. The highest BCUT2D eigenvalue weighted by Gasteiger charge is 2.22. The number of sulfone groups is 1. The minimum atomic E-state index is -3.31. The van der Waals surface area contributed by atoms with Crippen molar-refractivity contribution >= 4 is 42.4 Å². The van der Waals surface area contributed by atoms with E-state index < -0.39 is 9.84 Å². The summed E-state index contributed by atoms with van der Waals surface area (Å²) >= 11 is 1.50. The Morgan fingerprint density at radius 3 is 2.27 bits per heavy atom. The molecule has 0 fully saturated rings. The van der Waals surface area contributed by atoms with Gasteiger partial charge in [0.2, 0.25) is 0 Å². The Bertz CT molecular complexity index is 1130. The van der Waals surface area contributed by atoms with Gasteiger partial charge in [0.15, 0.2) is 15.0 Å². The van der Waals surface area contributed by atoms with E-state index in [1.54, 1.807) is 17.0 Å². The van der Waals surface area contributed by atoms with E-state index in [1.807, 2.05) is 25.1 Å². The molecule has 0 radical (unpaired) electrons. The van der Waals surface area contributed by atoms with Gasteiger partial charge in [-0.2, -0.15) is 0 Å². The van der Waals surface area contributed by atoms with Gasteiger partial charge in [-0.15, -0.1) is 0 Å². The van der Waals surface area contributed by atoms with Crippen LogP contribution in [0.15, 0.2) is 47.4 Å². The van der Waals surface area contributed by atoms with Crippen LogP contribution in [0.25, 0.3) is 10.2 Å². The number of para-hydroxylation sites is 1. The molecule has 0 bridgehead atoms. The number of anilines is 1. The average molecular weight is 446 g/mol. The van der Waals surface area contributed by atoms with Crippen LogP contribution < -0.4 is 4.90 Å². The van der Waals surface area contributed by atoms with E-state index in [1.165, 1.54) is 23.5 Å². The predicted octanol–water partition coefficient (Wildman–Crippen LogP) is 4.00. The first-order valence-corrected chi connectivity index (χ1v) is 12.7. The number of thiazole rings is 1. The smallest absolute Gasteiger partial charge is 0.260 e. The Kier molecular flexibility index (Phi) is 6.90. The first-order valence-electron chi connectivity index (χ1n) is 9.95. The van der Waals surface area contributed by atoms with Crippen molar-refractivity contribution in [2.24, 2.45) is 0 Å². The van der Waals surface area contributed by atoms with Gasteiger partial charge in [0, 0.05) is 24.9 Å². The fourth-order valence-corrected chi connectivity index (χ4v) is 4.95. The topological polar surface area (TPSA) is 70.6 Å². The fourth-order valence-electron chi connectivity index (χ4n) is 3.26. The standard InChI is InChI=1S/C22H27N3O3S2/c1-5-24(6-2)14-15-25(22-23-20-16(3)8-7-9-19(20)29-22)21(26)17-10-12-18(13-11-17)30(4,27)28/h7-13H,5-6,14-15H2,1-4H3.